The lowest BCUT2D eigenvalue weighted by Gasteiger charge is -2.18. The van der Waals surface area contributed by atoms with Crippen LogP contribution in [0.4, 0.5) is 5.69 Å². The molecule has 5 heteroatoms. The van der Waals surface area contributed by atoms with E-state index < -0.39 is 0 Å². The number of hydrogen-bond acceptors (Lipinski definition) is 3. The molecule has 2 heterocycles. The molecule has 1 aromatic carbocycles. The van der Waals surface area contributed by atoms with Crippen LogP contribution < -0.4 is 10.6 Å². The second kappa shape index (κ2) is 5.42. The number of rotatable bonds is 4. The van der Waals surface area contributed by atoms with Crippen molar-refractivity contribution >= 4 is 27.5 Å². The first-order valence-electron chi connectivity index (χ1n) is 6.58. The Kier molecular flexibility index (Phi) is 3.63. The van der Waals surface area contributed by atoms with Crippen LogP contribution in [0.15, 0.2) is 39.6 Å². The average Bonchev–Trinajstić information content (AvgIpc) is 3.00. The van der Waals surface area contributed by atoms with Gasteiger partial charge in [0, 0.05) is 11.3 Å². The molecule has 2 N–H and O–H groups in total. The number of nitrogens with one attached hydrogen (secondary N) is 2. The second-order valence-electron chi connectivity index (χ2n) is 4.78. The third kappa shape index (κ3) is 2.39. The molecule has 1 aliphatic heterocycles. The normalized spacial score (nSPS) is 15.0. The fraction of sp³-hybridized carbons (Fsp3) is 0.267. The summed E-state index contributed by atoms with van der Waals surface area (Å²) in [6.07, 6.45) is 2.12. The molecule has 0 saturated heterocycles. The zero-order valence-electron chi connectivity index (χ0n) is 11.1. The van der Waals surface area contributed by atoms with Crippen molar-refractivity contribution in [3.63, 3.8) is 0 Å². The number of benzene rings is 1. The van der Waals surface area contributed by atoms with Crippen LogP contribution in [0.5, 0.6) is 0 Å². The van der Waals surface area contributed by atoms with Gasteiger partial charge in [-0.15, -0.1) is 0 Å². The van der Waals surface area contributed by atoms with Gasteiger partial charge in [0.25, 0.3) is 0 Å². The van der Waals surface area contributed by atoms with Gasteiger partial charge in [-0.1, -0.05) is 19.1 Å². The Morgan fingerprint density at radius 3 is 3.00 bits per heavy atom. The molecule has 1 aliphatic rings. The summed E-state index contributed by atoms with van der Waals surface area (Å²) in [7, 11) is 0. The van der Waals surface area contributed by atoms with E-state index in [2.05, 4.69) is 39.6 Å². The molecule has 4 nitrogen and oxygen atoms in total. The Bertz CT molecular complexity index is 651. The molecule has 2 aromatic rings. The van der Waals surface area contributed by atoms with Gasteiger partial charge in [0.2, 0.25) is 5.91 Å². The summed E-state index contributed by atoms with van der Waals surface area (Å²) in [5.74, 6) is 0.0571. The summed E-state index contributed by atoms with van der Waals surface area (Å²) in [6.45, 7) is 2.91. The zero-order valence-corrected chi connectivity index (χ0v) is 12.7. The number of hydrogen-bond donors (Lipinski definition) is 2. The highest BCUT2D eigenvalue weighted by molar-refractivity contribution is 9.10. The molecule has 3 rings (SSSR count). The fourth-order valence-electron chi connectivity index (χ4n) is 2.55. The molecular formula is C15H15BrN2O2. The van der Waals surface area contributed by atoms with E-state index in [0.717, 1.165) is 33.6 Å². The van der Waals surface area contributed by atoms with Crippen molar-refractivity contribution in [2.24, 2.45) is 0 Å². The molecule has 1 aromatic heterocycles. The van der Waals surface area contributed by atoms with Gasteiger partial charge in [0.15, 0.2) is 4.67 Å². The first kappa shape index (κ1) is 13.4. The smallest absolute Gasteiger partial charge is 0.228 e. The van der Waals surface area contributed by atoms with Crippen LogP contribution in [0.1, 0.15) is 29.7 Å². The lowest BCUT2D eigenvalue weighted by atomic mass is 9.98. The maximum atomic E-state index is 11.4. The van der Waals surface area contributed by atoms with Gasteiger partial charge in [0.05, 0.1) is 18.7 Å². The summed E-state index contributed by atoms with van der Waals surface area (Å²) < 4.78 is 6.07. The van der Waals surface area contributed by atoms with Gasteiger partial charge in [-0.05, 0) is 45.7 Å². The predicted molar refractivity (Wildman–Crippen MR) is 80.7 cm³/mol. The topological polar surface area (TPSA) is 54.3 Å². The Morgan fingerprint density at radius 2 is 2.30 bits per heavy atom. The van der Waals surface area contributed by atoms with E-state index >= 15 is 0 Å². The molecule has 104 valence electrons. The maximum absolute atomic E-state index is 11.4. The zero-order chi connectivity index (χ0) is 14.1. The lowest BCUT2D eigenvalue weighted by Crippen LogP contribution is -2.22. The van der Waals surface area contributed by atoms with Crippen molar-refractivity contribution in [2.45, 2.75) is 19.4 Å². The average molecular weight is 335 g/mol. The highest BCUT2D eigenvalue weighted by Gasteiger charge is 2.22. The number of furan rings is 1. The minimum atomic E-state index is 0.0501. The SMILES string of the molecule is CCNC(c1ccc2c(c1)CC(=O)N2)c1ccoc1Br. The molecule has 0 radical (unpaired) electrons. The van der Waals surface area contributed by atoms with Crippen molar-refractivity contribution < 1.29 is 9.21 Å². The summed E-state index contributed by atoms with van der Waals surface area (Å²) in [5.41, 5.74) is 4.16. The van der Waals surface area contributed by atoms with Crippen molar-refractivity contribution in [1.82, 2.24) is 5.32 Å². The van der Waals surface area contributed by atoms with Crippen LogP contribution in [0, 0.1) is 0 Å². The van der Waals surface area contributed by atoms with E-state index in [0.29, 0.717) is 6.42 Å². The summed E-state index contributed by atoms with van der Waals surface area (Å²) >= 11 is 3.43. The van der Waals surface area contributed by atoms with Gasteiger partial charge < -0.3 is 15.1 Å². The van der Waals surface area contributed by atoms with Gasteiger partial charge in [0.1, 0.15) is 0 Å². The van der Waals surface area contributed by atoms with E-state index in [1.165, 1.54) is 0 Å². The van der Waals surface area contributed by atoms with E-state index in [-0.39, 0.29) is 11.9 Å². The molecule has 20 heavy (non-hydrogen) atoms. The molecule has 0 spiro atoms. The summed E-state index contributed by atoms with van der Waals surface area (Å²) in [6, 6.07) is 8.09. The Balaban J connectivity index is 1.99. The van der Waals surface area contributed by atoms with Gasteiger partial charge in [-0.3, -0.25) is 4.79 Å². The minimum Gasteiger partial charge on any atom is -0.457 e. The first-order chi connectivity index (χ1) is 9.69. The predicted octanol–water partition coefficient (Wildman–Crippen LogP) is 3.24. The van der Waals surface area contributed by atoms with Crippen molar-refractivity contribution in [3.8, 4) is 0 Å². The minimum absolute atomic E-state index is 0.0501. The third-order valence-electron chi connectivity index (χ3n) is 3.45. The monoisotopic (exact) mass is 334 g/mol. The third-order valence-corrected chi connectivity index (χ3v) is 4.10. The molecule has 0 aliphatic carbocycles. The van der Waals surface area contributed by atoms with E-state index in [1.54, 1.807) is 6.26 Å². The van der Waals surface area contributed by atoms with Crippen LogP contribution in [-0.2, 0) is 11.2 Å². The number of fused-ring (bicyclic) bond motifs is 1. The van der Waals surface area contributed by atoms with Crippen LogP contribution in [0.3, 0.4) is 0 Å². The number of anilines is 1. The highest BCUT2D eigenvalue weighted by atomic mass is 79.9. The van der Waals surface area contributed by atoms with Crippen molar-refractivity contribution in [2.75, 3.05) is 11.9 Å². The van der Waals surface area contributed by atoms with Crippen LogP contribution in [0.2, 0.25) is 0 Å². The summed E-state index contributed by atoms with van der Waals surface area (Å²) in [5, 5.41) is 6.30. The molecule has 0 fully saturated rings. The van der Waals surface area contributed by atoms with Crippen LogP contribution in [-0.4, -0.2) is 12.5 Å². The Hall–Kier alpha value is -1.59. The Morgan fingerprint density at radius 1 is 1.45 bits per heavy atom. The molecule has 1 atom stereocenters. The Labute approximate surface area is 125 Å². The number of carbonyl (C=O) groups excluding carboxylic acids is 1. The second-order valence-corrected chi connectivity index (χ2v) is 5.50. The summed E-state index contributed by atoms with van der Waals surface area (Å²) in [4.78, 5) is 11.4. The van der Waals surface area contributed by atoms with E-state index in [1.807, 2.05) is 18.2 Å². The van der Waals surface area contributed by atoms with Crippen LogP contribution in [0.25, 0.3) is 0 Å². The maximum Gasteiger partial charge on any atom is 0.228 e. The van der Waals surface area contributed by atoms with Gasteiger partial charge in [-0.25, -0.2) is 0 Å². The lowest BCUT2D eigenvalue weighted by molar-refractivity contribution is -0.115. The highest BCUT2D eigenvalue weighted by Crippen LogP contribution is 2.32. The largest absolute Gasteiger partial charge is 0.457 e. The van der Waals surface area contributed by atoms with E-state index in [4.69, 9.17) is 4.42 Å². The van der Waals surface area contributed by atoms with E-state index in [9.17, 15) is 4.79 Å². The molecule has 0 saturated carbocycles. The first-order valence-corrected chi connectivity index (χ1v) is 7.37. The quantitative estimate of drug-likeness (QED) is 0.902. The molecule has 0 bridgehead atoms. The van der Waals surface area contributed by atoms with Crippen molar-refractivity contribution in [3.05, 3.63) is 51.9 Å². The number of carbonyl (C=O) groups is 1. The molecular weight excluding hydrogens is 320 g/mol. The molecule has 1 unspecified atom stereocenters. The van der Waals surface area contributed by atoms with Crippen molar-refractivity contribution in [1.29, 1.82) is 0 Å². The van der Waals surface area contributed by atoms with Gasteiger partial charge >= 0.3 is 0 Å². The molecule has 1 amide bonds. The van der Waals surface area contributed by atoms with Gasteiger partial charge in [-0.2, -0.15) is 0 Å². The number of halogens is 1. The number of amides is 1. The van der Waals surface area contributed by atoms with Crippen LogP contribution >= 0.6 is 15.9 Å². The standard InChI is InChI=1S/C15H15BrN2O2/c1-2-17-14(11-5-6-20-15(11)16)9-3-4-12-10(7-9)8-13(19)18-12/h3-7,14,17H,2,8H2,1H3,(H,18,19). The fourth-order valence-corrected chi connectivity index (χ4v) is 3.02.